The van der Waals surface area contributed by atoms with Crippen molar-refractivity contribution in [2.24, 2.45) is 0 Å². The van der Waals surface area contributed by atoms with Crippen LogP contribution in [-0.2, 0) is 9.53 Å². The van der Waals surface area contributed by atoms with E-state index in [-0.39, 0.29) is 11.5 Å². The zero-order chi connectivity index (χ0) is 19.9. The van der Waals surface area contributed by atoms with Gasteiger partial charge in [-0.2, -0.15) is 11.3 Å². The number of nitrogens with one attached hydrogen (secondary N) is 2. The fourth-order valence-electron chi connectivity index (χ4n) is 2.32. The number of para-hydroxylation sites is 2. The second-order valence-corrected chi connectivity index (χ2v) is 6.80. The Labute approximate surface area is 170 Å². The van der Waals surface area contributed by atoms with Crippen molar-refractivity contribution in [3.8, 4) is 0 Å². The van der Waals surface area contributed by atoms with Crippen molar-refractivity contribution in [2.75, 3.05) is 17.2 Å². The van der Waals surface area contributed by atoms with Crippen LogP contribution in [-0.4, -0.2) is 24.4 Å². The number of hydrogen-bond acceptors (Lipinski definition) is 5. The molecule has 2 amide bonds. The molecule has 0 fully saturated rings. The molecule has 1 heterocycles. The summed E-state index contributed by atoms with van der Waals surface area (Å²) in [5.74, 6) is -1.59. The number of esters is 1. The molecule has 0 aliphatic carbocycles. The minimum atomic E-state index is -0.726. The molecule has 8 heteroatoms. The maximum Gasteiger partial charge on any atom is 0.340 e. The van der Waals surface area contributed by atoms with Crippen LogP contribution in [0.5, 0.6) is 0 Å². The van der Waals surface area contributed by atoms with E-state index in [9.17, 15) is 14.4 Å². The van der Waals surface area contributed by atoms with Gasteiger partial charge in [-0.25, -0.2) is 4.79 Å². The molecule has 0 atom stereocenters. The number of carbonyl (C=O) groups excluding carboxylic acids is 3. The van der Waals surface area contributed by atoms with E-state index < -0.39 is 18.5 Å². The summed E-state index contributed by atoms with van der Waals surface area (Å²) in [4.78, 5) is 36.6. The number of carbonyl (C=O) groups is 3. The van der Waals surface area contributed by atoms with Crippen LogP contribution in [0.4, 0.5) is 11.4 Å². The number of anilines is 2. The summed E-state index contributed by atoms with van der Waals surface area (Å²) in [6.07, 6.45) is 0. The third kappa shape index (κ3) is 4.97. The molecule has 0 unspecified atom stereocenters. The average molecular weight is 415 g/mol. The fourth-order valence-corrected chi connectivity index (χ4v) is 3.13. The molecule has 2 N–H and O–H groups in total. The SMILES string of the molecule is O=C(COC(=O)c1ccccc1NC(=O)c1ccsc1)Nc1ccccc1Cl. The lowest BCUT2D eigenvalue weighted by molar-refractivity contribution is -0.119. The summed E-state index contributed by atoms with van der Waals surface area (Å²) in [6.45, 7) is -0.489. The van der Waals surface area contributed by atoms with E-state index in [0.717, 1.165) is 0 Å². The zero-order valence-electron chi connectivity index (χ0n) is 14.5. The van der Waals surface area contributed by atoms with Crippen LogP contribution < -0.4 is 10.6 Å². The molecule has 142 valence electrons. The largest absolute Gasteiger partial charge is 0.452 e. The molecule has 28 heavy (non-hydrogen) atoms. The van der Waals surface area contributed by atoms with E-state index in [4.69, 9.17) is 16.3 Å². The van der Waals surface area contributed by atoms with Crippen molar-refractivity contribution < 1.29 is 19.1 Å². The van der Waals surface area contributed by atoms with Crippen LogP contribution in [0.1, 0.15) is 20.7 Å². The monoisotopic (exact) mass is 414 g/mol. The van der Waals surface area contributed by atoms with Crippen LogP contribution in [0.15, 0.2) is 65.4 Å². The Hall–Kier alpha value is -3.16. The second kappa shape index (κ2) is 9.16. The Kier molecular flexibility index (Phi) is 6.41. The molecule has 0 saturated heterocycles. The highest BCUT2D eigenvalue weighted by atomic mass is 35.5. The highest BCUT2D eigenvalue weighted by molar-refractivity contribution is 7.08. The highest BCUT2D eigenvalue weighted by Crippen LogP contribution is 2.21. The van der Waals surface area contributed by atoms with Gasteiger partial charge in [0.1, 0.15) is 0 Å². The lowest BCUT2D eigenvalue weighted by atomic mass is 10.1. The van der Waals surface area contributed by atoms with Gasteiger partial charge in [0.05, 0.1) is 27.5 Å². The average Bonchev–Trinajstić information content (AvgIpc) is 3.23. The first kappa shape index (κ1) is 19.6. The number of thiophene rings is 1. The summed E-state index contributed by atoms with van der Waals surface area (Å²) in [5, 5.41) is 9.11. The Balaban J connectivity index is 1.62. The van der Waals surface area contributed by atoms with Crippen molar-refractivity contribution in [3.63, 3.8) is 0 Å². The van der Waals surface area contributed by atoms with Crippen molar-refractivity contribution in [1.82, 2.24) is 0 Å². The molecule has 0 radical (unpaired) electrons. The Morgan fingerprint density at radius 3 is 2.36 bits per heavy atom. The Bertz CT molecular complexity index is 1000. The maximum absolute atomic E-state index is 12.4. The highest BCUT2D eigenvalue weighted by Gasteiger charge is 2.17. The zero-order valence-corrected chi connectivity index (χ0v) is 16.0. The number of benzene rings is 2. The van der Waals surface area contributed by atoms with Crippen molar-refractivity contribution >= 4 is 52.1 Å². The number of amides is 2. The lowest BCUT2D eigenvalue weighted by Gasteiger charge is -2.11. The van der Waals surface area contributed by atoms with Gasteiger partial charge in [-0.3, -0.25) is 9.59 Å². The maximum atomic E-state index is 12.4. The summed E-state index contributed by atoms with van der Waals surface area (Å²) in [6, 6.07) is 14.8. The standard InChI is InChI=1S/C20H15ClN2O4S/c21-15-6-2-4-8-17(15)22-18(24)11-27-20(26)14-5-1-3-7-16(14)23-19(25)13-9-10-28-12-13/h1-10,12H,11H2,(H,22,24)(H,23,25). The number of rotatable bonds is 6. The predicted molar refractivity (Wildman–Crippen MR) is 109 cm³/mol. The van der Waals surface area contributed by atoms with E-state index in [1.165, 1.54) is 17.4 Å². The normalized spacial score (nSPS) is 10.2. The van der Waals surface area contributed by atoms with Gasteiger partial charge in [0, 0.05) is 5.38 Å². The van der Waals surface area contributed by atoms with Gasteiger partial charge in [-0.1, -0.05) is 35.9 Å². The second-order valence-electron chi connectivity index (χ2n) is 5.62. The van der Waals surface area contributed by atoms with Crippen molar-refractivity contribution in [2.45, 2.75) is 0 Å². The minimum absolute atomic E-state index is 0.150. The fraction of sp³-hybridized carbons (Fsp3) is 0.0500. The molecule has 0 bridgehead atoms. The summed E-state index contributed by atoms with van der Waals surface area (Å²) in [5.41, 5.74) is 1.37. The van der Waals surface area contributed by atoms with E-state index >= 15 is 0 Å². The molecule has 3 rings (SSSR count). The number of halogens is 1. The van der Waals surface area contributed by atoms with Crippen molar-refractivity contribution in [1.29, 1.82) is 0 Å². The first-order chi connectivity index (χ1) is 13.5. The molecule has 2 aromatic carbocycles. The lowest BCUT2D eigenvalue weighted by Crippen LogP contribution is -2.22. The molecule has 0 spiro atoms. The number of ether oxygens (including phenoxy) is 1. The molecule has 0 saturated carbocycles. The van der Waals surface area contributed by atoms with Crippen LogP contribution in [0.3, 0.4) is 0 Å². The summed E-state index contributed by atoms with van der Waals surface area (Å²) in [7, 11) is 0. The molecule has 6 nitrogen and oxygen atoms in total. The van der Waals surface area contributed by atoms with Crippen LogP contribution >= 0.6 is 22.9 Å². The predicted octanol–water partition coefficient (Wildman–Crippen LogP) is 4.45. The van der Waals surface area contributed by atoms with Crippen LogP contribution in [0.2, 0.25) is 5.02 Å². The molecular formula is C20H15ClN2O4S. The summed E-state index contributed by atoms with van der Waals surface area (Å²) < 4.78 is 5.07. The summed E-state index contributed by atoms with van der Waals surface area (Å²) >= 11 is 7.37. The molecule has 1 aromatic heterocycles. The van der Waals surface area contributed by atoms with Crippen molar-refractivity contribution in [3.05, 3.63) is 81.5 Å². The van der Waals surface area contributed by atoms with E-state index in [2.05, 4.69) is 10.6 Å². The van der Waals surface area contributed by atoms with Gasteiger partial charge < -0.3 is 15.4 Å². The van der Waals surface area contributed by atoms with Gasteiger partial charge in [-0.15, -0.1) is 0 Å². The van der Waals surface area contributed by atoms with Gasteiger partial charge in [0.25, 0.3) is 11.8 Å². The molecule has 0 aliphatic heterocycles. The third-order valence-corrected chi connectivity index (χ3v) is 4.67. The third-order valence-electron chi connectivity index (χ3n) is 3.66. The molecular weight excluding hydrogens is 400 g/mol. The first-order valence-electron chi connectivity index (χ1n) is 8.18. The quantitative estimate of drug-likeness (QED) is 0.583. The topological polar surface area (TPSA) is 84.5 Å². The smallest absolute Gasteiger partial charge is 0.340 e. The van der Waals surface area contributed by atoms with Gasteiger partial charge in [0.2, 0.25) is 0 Å². The van der Waals surface area contributed by atoms with Gasteiger partial charge in [-0.05, 0) is 35.7 Å². The minimum Gasteiger partial charge on any atom is -0.452 e. The van der Waals surface area contributed by atoms with Crippen LogP contribution in [0, 0.1) is 0 Å². The van der Waals surface area contributed by atoms with E-state index in [1.54, 1.807) is 59.3 Å². The Morgan fingerprint density at radius 2 is 1.64 bits per heavy atom. The molecule has 3 aromatic rings. The van der Waals surface area contributed by atoms with Gasteiger partial charge in [0.15, 0.2) is 6.61 Å². The van der Waals surface area contributed by atoms with Gasteiger partial charge >= 0.3 is 5.97 Å². The van der Waals surface area contributed by atoms with E-state index in [1.807, 2.05) is 0 Å². The van der Waals surface area contributed by atoms with Crippen LogP contribution in [0.25, 0.3) is 0 Å². The first-order valence-corrected chi connectivity index (χ1v) is 9.51. The van der Waals surface area contributed by atoms with E-state index in [0.29, 0.717) is 22.0 Å². The Morgan fingerprint density at radius 1 is 0.929 bits per heavy atom. The number of hydrogen-bond donors (Lipinski definition) is 2. The molecule has 0 aliphatic rings.